The smallest absolute Gasteiger partial charge is 0.281 e. The number of amides is 2. The first kappa shape index (κ1) is 24.4. The van der Waals surface area contributed by atoms with Gasteiger partial charge in [-0.25, -0.2) is 14.8 Å². The summed E-state index contributed by atoms with van der Waals surface area (Å²) in [7, 11) is 4.34. The number of carbonyl (C=O) groups excluding carboxylic acids is 2. The molecule has 9 heteroatoms. The van der Waals surface area contributed by atoms with Crippen LogP contribution in [-0.4, -0.2) is 42.9 Å². The number of aromatic nitrogens is 4. The van der Waals surface area contributed by atoms with Crippen molar-refractivity contribution < 1.29 is 9.59 Å². The number of aryl methyl sites for hydroxylation is 3. The molecular formula is C30H25N5O4. The lowest BCUT2D eigenvalue weighted by Gasteiger charge is -2.39. The molecule has 1 unspecified atom stereocenters. The van der Waals surface area contributed by atoms with Crippen LogP contribution < -0.4 is 11.2 Å². The van der Waals surface area contributed by atoms with Crippen molar-refractivity contribution in [3.05, 3.63) is 109 Å². The molecule has 2 aliphatic rings. The Morgan fingerprint density at radius 3 is 1.79 bits per heavy atom. The van der Waals surface area contributed by atoms with Crippen molar-refractivity contribution in [1.29, 1.82) is 0 Å². The average Bonchev–Trinajstić information content (AvgIpc) is 3.26. The highest BCUT2D eigenvalue weighted by Crippen LogP contribution is 2.55. The van der Waals surface area contributed by atoms with Gasteiger partial charge in [0, 0.05) is 27.2 Å². The Morgan fingerprint density at radius 2 is 1.23 bits per heavy atom. The molecule has 1 aliphatic heterocycles. The molecule has 6 rings (SSSR count). The molecule has 1 atom stereocenters. The van der Waals surface area contributed by atoms with Crippen molar-refractivity contribution in [2.75, 3.05) is 7.05 Å². The monoisotopic (exact) mass is 519 g/mol. The van der Waals surface area contributed by atoms with E-state index in [1.54, 1.807) is 6.08 Å². The third kappa shape index (κ3) is 3.26. The van der Waals surface area contributed by atoms with Gasteiger partial charge in [-0.2, -0.15) is 0 Å². The third-order valence-corrected chi connectivity index (χ3v) is 7.70. The highest BCUT2D eigenvalue weighted by Gasteiger charge is 2.57. The van der Waals surface area contributed by atoms with Crippen LogP contribution in [0.25, 0.3) is 28.4 Å². The minimum atomic E-state index is -1.54. The van der Waals surface area contributed by atoms with Crippen LogP contribution >= 0.6 is 0 Å². The Labute approximate surface area is 223 Å². The fourth-order valence-electron chi connectivity index (χ4n) is 5.48. The van der Waals surface area contributed by atoms with Crippen LogP contribution in [0, 0.1) is 13.8 Å². The predicted molar refractivity (Wildman–Crippen MR) is 148 cm³/mol. The lowest BCUT2D eigenvalue weighted by molar-refractivity contribution is -0.142. The molecule has 1 spiro atoms. The van der Waals surface area contributed by atoms with Gasteiger partial charge in [0.05, 0.1) is 11.4 Å². The number of likely N-dealkylation sites (N-methyl/N-ethyl adjacent to an activating group) is 1. The number of imide groups is 1. The Bertz CT molecular complexity index is 1930. The van der Waals surface area contributed by atoms with Crippen LogP contribution in [-0.2, 0) is 29.1 Å². The van der Waals surface area contributed by atoms with Gasteiger partial charge in [-0.1, -0.05) is 59.7 Å². The molecule has 3 heterocycles. The molecule has 0 bridgehead atoms. The number of rotatable bonds is 2. The van der Waals surface area contributed by atoms with E-state index >= 15 is 0 Å². The fourth-order valence-corrected chi connectivity index (χ4v) is 5.48. The van der Waals surface area contributed by atoms with Gasteiger partial charge in [0.1, 0.15) is 5.41 Å². The maximum Gasteiger partial charge on any atom is 0.332 e. The maximum absolute atomic E-state index is 14.5. The first-order valence-electron chi connectivity index (χ1n) is 12.4. The van der Waals surface area contributed by atoms with Gasteiger partial charge in [0.2, 0.25) is 0 Å². The molecule has 0 saturated carbocycles. The molecule has 2 aromatic carbocycles. The van der Waals surface area contributed by atoms with E-state index < -0.39 is 28.5 Å². The molecule has 0 radical (unpaired) electrons. The van der Waals surface area contributed by atoms with Crippen LogP contribution in [0.4, 0.5) is 0 Å². The summed E-state index contributed by atoms with van der Waals surface area (Å²) in [5.74, 6) is -0.938. The normalized spacial score (nSPS) is 18.5. The molecule has 0 fully saturated rings. The molecule has 1 aliphatic carbocycles. The molecule has 4 aromatic rings. The van der Waals surface area contributed by atoms with E-state index in [2.05, 4.69) is 4.98 Å². The molecule has 9 nitrogen and oxygen atoms in total. The topological polar surface area (TPSA) is 107 Å². The van der Waals surface area contributed by atoms with Gasteiger partial charge in [0.25, 0.3) is 17.4 Å². The van der Waals surface area contributed by atoms with Crippen molar-refractivity contribution in [2.24, 2.45) is 14.1 Å². The second kappa shape index (κ2) is 8.29. The molecular weight excluding hydrogens is 494 g/mol. The zero-order valence-electron chi connectivity index (χ0n) is 22.1. The third-order valence-electron chi connectivity index (χ3n) is 7.70. The SMILES string of the molecule is Cc1ccc(C2=CC(=O)N(C)C(=O)C23C(c2ccc(C)cc2)=Cc2nc4c(=O)n(C)c(=O)n(C)c4nc23)cc1. The minimum Gasteiger partial charge on any atom is -0.281 e. The van der Waals surface area contributed by atoms with Crippen molar-refractivity contribution >= 4 is 40.2 Å². The molecule has 0 N–H and O–H groups in total. The summed E-state index contributed by atoms with van der Waals surface area (Å²) in [6.45, 7) is 3.93. The number of benzene rings is 2. The number of carbonyl (C=O) groups is 2. The molecule has 194 valence electrons. The van der Waals surface area contributed by atoms with Crippen molar-refractivity contribution in [3.63, 3.8) is 0 Å². The Kier molecular flexibility index (Phi) is 5.19. The van der Waals surface area contributed by atoms with Crippen molar-refractivity contribution in [2.45, 2.75) is 19.3 Å². The summed E-state index contributed by atoms with van der Waals surface area (Å²) in [4.78, 5) is 63.9. The summed E-state index contributed by atoms with van der Waals surface area (Å²) < 4.78 is 2.23. The lowest BCUT2D eigenvalue weighted by atomic mass is 9.66. The minimum absolute atomic E-state index is 0.0171. The zero-order valence-corrected chi connectivity index (χ0v) is 22.1. The van der Waals surface area contributed by atoms with Crippen LogP contribution in [0.15, 0.2) is 64.2 Å². The molecule has 2 aromatic heterocycles. The van der Waals surface area contributed by atoms with E-state index in [-0.39, 0.29) is 16.9 Å². The standard InChI is InChI=1S/C30H25N5O4/c1-16-6-10-18(11-7-16)20-14-22-25(32-26-24(31-22)27(37)35(5)29(39)34(26)4)30(20)21(15-23(36)33(3)28(30)38)19-12-8-17(2)9-13-19/h6-15H,1-5H3. The van der Waals surface area contributed by atoms with Crippen LogP contribution in [0.3, 0.4) is 0 Å². The number of hydrogen-bond acceptors (Lipinski definition) is 6. The van der Waals surface area contributed by atoms with E-state index in [9.17, 15) is 19.2 Å². The predicted octanol–water partition coefficient (Wildman–Crippen LogP) is 2.52. The van der Waals surface area contributed by atoms with Gasteiger partial charge in [-0.3, -0.25) is 28.4 Å². The Morgan fingerprint density at radius 1 is 0.692 bits per heavy atom. The van der Waals surface area contributed by atoms with E-state index in [1.807, 2.05) is 62.4 Å². The summed E-state index contributed by atoms with van der Waals surface area (Å²) in [5.41, 5.74) is 2.56. The van der Waals surface area contributed by atoms with Crippen molar-refractivity contribution in [3.8, 4) is 0 Å². The summed E-state index contributed by atoms with van der Waals surface area (Å²) >= 11 is 0. The van der Waals surface area contributed by atoms with Crippen molar-refractivity contribution in [1.82, 2.24) is 24.0 Å². The average molecular weight is 520 g/mol. The second-order valence-electron chi connectivity index (χ2n) is 10.1. The molecule has 2 amide bonds. The number of nitrogens with zero attached hydrogens (tertiary/aromatic N) is 5. The summed E-state index contributed by atoms with van der Waals surface area (Å²) in [6.07, 6.45) is 3.23. The van der Waals surface area contributed by atoms with Crippen LogP contribution in [0.2, 0.25) is 0 Å². The maximum atomic E-state index is 14.5. The molecule has 0 saturated heterocycles. The summed E-state index contributed by atoms with van der Waals surface area (Å²) in [6, 6.07) is 15.3. The number of fused-ring (bicyclic) bond motifs is 3. The highest BCUT2D eigenvalue weighted by atomic mass is 16.2. The zero-order chi connectivity index (χ0) is 27.8. The highest BCUT2D eigenvalue weighted by molar-refractivity contribution is 6.27. The second-order valence-corrected chi connectivity index (χ2v) is 10.1. The van der Waals surface area contributed by atoms with Gasteiger partial charge < -0.3 is 0 Å². The van der Waals surface area contributed by atoms with E-state index in [0.29, 0.717) is 22.4 Å². The van der Waals surface area contributed by atoms with E-state index in [4.69, 9.17) is 4.98 Å². The molecule has 39 heavy (non-hydrogen) atoms. The Hall–Kier alpha value is -4.92. The van der Waals surface area contributed by atoms with E-state index in [0.717, 1.165) is 26.2 Å². The van der Waals surface area contributed by atoms with E-state index in [1.165, 1.54) is 31.8 Å². The summed E-state index contributed by atoms with van der Waals surface area (Å²) in [5, 5.41) is 0. The van der Waals surface area contributed by atoms with Gasteiger partial charge in [0.15, 0.2) is 11.2 Å². The fraction of sp³-hybridized carbons (Fsp3) is 0.200. The first-order valence-corrected chi connectivity index (χ1v) is 12.4. The van der Waals surface area contributed by atoms with Gasteiger partial charge in [-0.15, -0.1) is 0 Å². The van der Waals surface area contributed by atoms with Gasteiger partial charge in [-0.05, 0) is 42.2 Å². The first-order chi connectivity index (χ1) is 18.5. The van der Waals surface area contributed by atoms with Gasteiger partial charge >= 0.3 is 5.69 Å². The van der Waals surface area contributed by atoms with Crippen LogP contribution in [0.5, 0.6) is 0 Å². The largest absolute Gasteiger partial charge is 0.332 e. The van der Waals surface area contributed by atoms with Crippen LogP contribution in [0.1, 0.15) is 33.6 Å². The lowest BCUT2D eigenvalue weighted by Crippen LogP contribution is -2.52. The Balaban J connectivity index is 1.79. The quantitative estimate of drug-likeness (QED) is 0.377. The number of hydrogen-bond donors (Lipinski definition) is 0.